The maximum Gasteiger partial charge on any atom is 0.165 e. The summed E-state index contributed by atoms with van der Waals surface area (Å²) in [4.78, 5) is 11.9. The molecule has 1 aromatic heterocycles. The van der Waals surface area contributed by atoms with Gasteiger partial charge in [-0.25, -0.2) is 4.39 Å². The van der Waals surface area contributed by atoms with Crippen LogP contribution in [0.15, 0.2) is 48.7 Å². The van der Waals surface area contributed by atoms with Gasteiger partial charge in [-0.1, -0.05) is 37.3 Å². The average molecular weight is 325 g/mol. The number of carbonyl (C=O) groups excluding carboxylic acids is 1. The first-order valence-corrected chi connectivity index (χ1v) is 8.10. The highest BCUT2D eigenvalue weighted by molar-refractivity contribution is 6.07. The molecule has 124 valence electrons. The lowest BCUT2D eigenvalue weighted by Gasteiger charge is -2.10. The molecular formula is C20H20FNO2. The second-order valence-corrected chi connectivity index (χ2v) is 5.74. The minimum Gasteiger partial charge on any atom is -0.489 e. The minimum atomic E-state index is -0.367. The van der Waals surface area contributed by atoms with Crippen molar-refractivity contribution >= 4 is 16.7 Å². The molecule has 0 N–H and O–H groups in total. The van der Waals surface area contributed by atoms with Crippen molar-refractivity contribution in [3.63, 3.8) is 0 Å². The standard InChI is InChI=1S/C20H20FNO2/c1-3-15-7-6-8-16-17(14(2)23)13-22(20(15)16)11-12-24-19-10-5-4-9-18(19)21/h4-10,13H,3,11-12H2,1-2H3. The fraction of sp³-hybridized carbons (Fsp3) is 0.250. The number of ether oxygens (including phenoxy) is 1. The van der Waals surface area contributed by atoms with Gasteiger partial charge in [0.15, 0.2) is 17.3 Å². The van der Waals surface area contributed by atoms with Crippen molar-refractivity contribution in [2.45, 2.75) is 26.8 Å². The van der Waals surface area contributed by atoms with E-state index in [0.29, 0.717) is 18.7 Å². The first-order valence-electron chi connectivity index (χ1n) is 8.10. The Morgan fingerprint density at radius 2 is 1.96 bits per heavy atom. The molecule has 0 radical (unpaired) electrons. The molecule has 0 aliphatic carbocycles. The number of aryl methyl sites for hydroxylation is 1. The predicted molar refractivity (Wildman–Crippen MR) is 93.2 cm³/mol. The fourth-order valence-corrected chi connectivity index (χ4v) is 3.00. The van der Waals surface area contributed by atoms with Crippen LogP contribution in [0.3, 0.4) is 0 Å². The molecule has 24 heavy (non-hydrogen) atoms. The Bertz CT molecular complexity index is 882. The van der Waals surface area contributed by atoms with E-state index in [1.54, 1.807) is 25.1 Å². The largest absolute Gasteiger partial charge is 0.489 e. The summed E-state index contributed by atoms with van der Waals surface area (Å²) in [6, 6.07) is 12.4. The van der Waals surface area contributed by atoms with E-state index in [9.17, 15) is 9.18 Å². The van der Waals surface area contributed by atoms with Crippen LogP contribution in [0.1, 0.15) is 29.8 Å². The first-order chi connectivity index (χ1) is 11.6. The SMILES string of the molecule is CCc1cccc2c(C(C)=O)cn(CCOc3ccccc3F)c12. The third-order valence-corrected chi connectivity index (χ3v) is 4.17. The first kappa shape index (κ1) is 16.2. The predicted octanol–water partition coefficient (Wildman–Crippen LogP) is 4.62. The van der Waals surface area contributed by atoms with E-state index < -0.39 is 0 Å². The number of rotatable bonds is 6. The van der Waals surface area contributed by atoms with E-state index in [1.165, 1.54) is 11.6 Å². The third kappa shape index (κ3) is 3.04. The maximum absolute atomic E-state index is 13.6. The summed E-state index contributed by atoms with van der Waals surface area (Å²) < 4.78 is 21.2. The minimum absolute atomic E-state index is 0.0435. The highest BCUT2D eigenvalue weighted by Crippen LogP contribution is 2.26. The Hall–Kier alpha value is -2.62. The molecule has 3 aromatic rings. The summed E-state index contributed by atoms with van der Waals surface area (Å²) in [7, 11) is 0. The van der Waals surface area contributed by atoms with Gasteiger partial charge >= 0.3 is 0 Å². The molecule has 0 amide bonds. The number of hydrogen-bond acceptors (Lipinski definition) is 2. The smallest absolute Gasteiger partial charge is 0.165 e. The van der Waals surface area contributed by atoms with Gasteiger partial charge < -0.3 is 9.30 Å². The van der Waals surface area contributed by atoms with Crippen molar-refractivity contribution in [1.29, 1.82) is 0 Å². The number of nitrogens with zero attached hydrogens (tertiary/aromatic N) is 1. The molecule has 1 heterocycles. The number of carbonyl (C=O) groups is 1. The Labute approximate surface area is 140 Å². The Balaban J connectivity index is 1.89. The average Bonchev–Trinajstić information content (AvgIpc) is 2.96. The Morgan fingerprint density at radius 1 is 1.17 bits per heavy atom. The second kappa shape index (κ2) is 6.87. The lowest BCUT2D eigenvalue weighted by atomic mass is 10.1. The highest BCUT2D eigenvalue weighted by Gasteiger charge is 2.14. The molecule has 3 rings (SSSR count). The molecule has 0 aliphatic rings. The molecular weight excluding hydrogens is 305 g/mol. The lowest BCUT2D eigenvalue weighted by molar-refractivity contribution is 0.101. The number of aromatic nitrogens is 1. The lowest BCUT2D eigenvalue weighted by Crippen LogP contribution is -2.08. The zero-order valence-corrected chi connectivity index (χ0v) is 13.9. The van der Waals surface area contributed by atoms with Crippen LogP contribution < -0.4 is 4.74 Å². The maximum atomic E-state index is 13.6. The van der Waals surface area contributed by atoms with Crippen molar-refractivity contribution in [1.82, 2.24) is 4.57 Å². The molecule has 0 unspecified atom stereocenters. The van der Waals surface area contributed by atoms with Crippen LogP contribution in [-0.2, 0) is 13.0 Å². The van der Waals surface area contributed by atoms with Crippen molar-refractivity contribution in [2.75, 3.05) is 6.61 Å². The van der Waals surface area contributed by atoms with Gasteiger partial charge in [0, 0.05) is 17.1 Å². The van der Waals surface area contributed by atoms with Crippen LogP contribution in [0.4, 0.5) is 4.39 Å². The van der Waals surface area contributed by atoms with Crippen molar-refractivity contribution < 1.29 is 13.9 Å². The van der Waals surface area contributed by atoms with E-state index >= 15 is 0 Å². The van der Waals surface area contributed by atoms with Gasteiger partial charge in [-0.15, -0.1) is 0 Å². The van der Waals surface area contributed by atoms with E-state index in [0.717, 1.165) is 17.3 Å². The molecule has 0 spiro atoms. The summed E-state index contributed by atoms with van der Waals surface area (Å²) in [5, 5.41) is 0.966. The van der Waals surface area contributed by atoms with E-state index in [1.807, 2.05) is 22.9 Å². The van der Waals surface area contributed by atoms with E-state index in [-0.39, 0.29) is 17.3 Å². The molecule has 0 saturated carbocycles. The molecule has 2 aromatic carbocycles. The topological polar surface area (TPSA) is 31.2 Å². The van der Waals surface area contributed by atoms with Crippen LogP contribution in [0, 0.1) is 5.82 Å². The number of benzene rings is 2. The van der Waals surface area contributed by atoms with Gasteiger partial charge in [-0.2, -0.15) is 0 Å². The zero-order chi connectivity index (χ0) is 17.1. The molecule has 0 saturated heterocycles. The number of Topliss-reactive ketones (excluding diaryl/α,β-unsaturated/α-hetero) is 1. The summed E-state index contributed by atoms with van der Waals surface area (Å²) >= 11 is 0. The molecule has 3 nitrogen and oxygen atoms in total. The number of fused-ring (bicyclic) bond motifs is 1. The normalized spacial score (nSPS) is 11.0. The monoisotopic (exact) mass is 325 g/mol. The summed E-state index contributed by atoms with van der Waals surface area (Å²) in [5.74, 6) is -0.0768. The molecule has 0 bridgehead atoms. The van der Waals surface area contributed by atoms with E-state index in [4.69, 9.17) is 4.74 Å². The number of hydrogen-bond donors (Lipinski definition) is 0. The molecule has 0 atom stereocenters. The van der Waals surface area contributed by atoms with Gasteiger partial charge in [-0.3, -0.25) is 4.79 Å². The molecule has 0 aliphatic heterocycles. The van der Waals surface area contributed by atoms with Crippen molar-refractivity contribution in [3.8, 4) is 5.75 Å². The van der Waals surface area contributed by atoms with Crippen molar-refractivity contribution in [2.24, 2.45) is 0 Å². The van der Waals surface area contributed by atoms with Gasteiger partial charge in [0.1, 0.15) is 6.61 Å². The number of ketones is 1. The Morgan fingerprint density at radius 3 is 2.67 bits per heavy atom. The van der Waals surface area contributed by atoms with Crippen LogP contribution in [0.2, 0.25) is 0 Å². The fourth-order valence-electron chi connectivity index (χ4n) is 3.00. The van der Waals surface area contributed by atoms with E-state index in [2.05, 4.69) is 13.0 Å². The van der Waals surface area contributed by atoms with Gasteiger partial charge in [0.25, 0.3) is 0 Å². The molecule has 4 heteroatoms. The highest BCUT2D eigenvalue weighted by atomic mass is 19.1. The van der Waals surface area contributed by atoms with Gasteiger partial charge in [0.05, 0.1) is 12.1 Å². The summed E-state index contributed by atoms with van der Waals surface area (Å²) in [5.41, 5.74) is 2.96. The summed E-state index contributed by atoms with van der Waals surface area (Å²) in [6.07, 6.45) is 2.75. The number of para-hydroxylation sites is 2. The zero-order valence-electron chi connectivity index (χ0n) is 13.9. The summed E-state index contributed by atoms with van der Waals surface area (Å²) in [6.45, 7) is 4.55. The van der Waals surface area contributed by atoms with Crippen LogP contribution >= 0.6 is 0 Å². The van der Waals surface area contributed by atoms with Gasteiger partial charge in [-0.05, 0) is 31.0 Å². The van der Waals surface area contributed by atoms with Crippen LogP contribution in [0.25, 0.3) is 10.9 Å². The van der Waals surface area contributed by atoms with Crippen molar-refractivity contribution in [3.05, 3.63) is 65.6 Å². The second-order valence-electron chi connectivity index (χ2n) is 5.74. The van der Waals surface area contributed by atoms with Gasteiger partial charge in [0.2, 0.25) is 0 Å². The molecule has 0 fully saturated rings. The van der Waals surface area contributed by atoms with Crippen LogP contribution in [-0.4, -0.2) is 17.0 Å². The Kier molecular flexibility index (Phi) is 4.65. The quantitative estimate of drug-likeness (QED) is 0.619. The number of halogens is 1. The van der Waals surface area contributed by atoms with Crippen LogP contribution in [0.5, 0.6) is 5.75 Å². The third-order valence-electron chi connectivity index (χ3n) is 4.17.